The Morgan fingerprint density at radius 3 is 2.55 bits per heavy atom. The summed E-state index contributed by atoms with van der Waals surface area (Å²) in [5.74, 6) is -0.607. The van der Waals surface area contributed by atoms with E-state index in [1.54, 1.807) is 4.90 Å². The van der Waals surface area contributed by atoms with Gasteiger partial charge in [-0.2, -0.15) is 0 Å². The van der Waals surface area contributed by atoms with Crippen LogP contribution >= 0.6 is 0 Å². The molecule has 2 unspecified atom stereocenters. The second-order valence-corrected chi connectivity index (χ2v) is 8.74. The monoisotopic (exact) mass is 408 g/mol. The average molecular weight is 408 g/mol. The highest BCUT2D eigenvalue weighted by Gasteiger charge is 2.39. The third-order valence-electron chi connectivity index (χ3n) is 5.65. The average Bonchev–Trinajstić information content (AvgIpc) is 2.68. The van der Waals surface area contributed by atoms with Crippen LogP contribution in [0.15, 0.2) is 18.2 Å². The number of non-ortho nitro benzene ring substituents is 1. The lowest BCUT2D eigenvalue weighted by Gasteiger charge is -2.47. The standard InChI is InChI=1S/C20H29FN4O4/c1-20(2,3)18-13-15(29-19(26)23-10-7-22-8-11-23)6-9-24(18)17-5-4-14(25(27)28)12-16(17)21/h4-5,12,15,18,22H,6-11,13H2,1-3H3. The van der Waals surface area contributed by atoms with Gasteiger partial charge in [0.2, 0.25) is 0 Å². The fraction of sp³-hybridized carbons (Fsp3) is 0.650. The predicted octanol–water partition coefficient (Wildman–Crippen LogP) is 3.16. The van der Waals surface area contributed by atoms with Crippen molar-refractivity contribution < 1.29 is 18.8 Å². The summed E-state index contributed by atoms with van der Waals surface area (Å²) in [4.78, 5) is 26.4. The predicted molar refractivity (Wildman–Crippen MR) is 108 cm³/mol. The van der Waals surface area contributed by atoms with Gasteiger partial charge in [-0.15, -0.1) is 0 Å². The molecule has 0 radical (unpaired) electrons. The van der Waals surface area contributed by atoms with E-state index in [2.05, 4.69) is 26.1 Å². The number of carbonyl (C=O) groups excluding carboxylic acids is 1. The van der Waals surface area contributed by atoms with Crippen molar-refractivity contribution >= 4 is 17.5 Å². The SMILES string of the molecule is CC(C)(C)C1CC(OC(=O)N2CCNCC2)CCN1c1ccc([N+](=O)[O-])cc1F. The molecule has 2 fully saturated rings. The third-order valence-corrected chi connectivity index (χ3v) is 5.65. The first-order valence-electron chi connectivity index (χ1n) is 10.0. The van der Waals surface area contributed by atoms with Crippen LogP contribution < -0.4 is 10.2 Å². The molecule has 8 nitrogen and oxygen atoms in total. The quantitative estimate of drug-likeness (QED) is 0.611. The Bertz CT molecular complexity index is 761. The summed E-state index contributed by atoms with van der Waals surface area (Å²) < 4.78 is 20.4. The van der Waals surface area contributed by atoms with Crippen molar-refractivity contribution in [2.45, 2.75) is 45.8 Å². The van der Waals surface area contributed by atoms with Gasteiger partial charge in [0, 0.05) is 57.7 Å². The Labute approximate surface area is 170 Å². The number of benzene rings is 1. The van der Waals surface area contributed by atoms with Gasteiger partial charge in [-0.25, -0.2) is 9.18 Å². The normalized spacial score (nSPS) is 23.0. The van der Waals surface area contributed by atoms with Gasteiger partial charge in [0.15, 0.2) is 5.82 Å². The maximum atomic E-state index is 14.7. The van der Waals surface area contributed by atoms with E-state index in [0.717, 1.165) is 19.2 Å². The van der Waals surface area contributed by atoms with E-state index in [-0.39, 0.29) is 29.3 Å². The van der Waals surface area contributed by atoms with Crippen LogP contribution in [0.25, 0.3) is 0 Å². The number of nitro benzene ring substituents is 1. The number of nitrogens with zero attached hydrogens (tertiary/aromatic N) is 3. The Balaban J connectivity index is 1.74. The summed E-state index contributed by atoms with van der Waals surface area (Å²) in [5.41, 5.74) is -0.116. The van der Waals surface area contributed by atoms with Gasteiger partial charge < -0.3 is 19.9 Å². The molecular weight excluding hydrogens is 379 g/mol. The number of anilines is 1. The number of halogens is 1. The highest BCUT2D eigenvalue weighted by molar-refractivity contribution is 5.68. The number of piperidine rings is 1. The first-order chi connectivity index (χ1) is 13.7. The zero-order valence-electron chi connectivity index (χ0n) is 17.2. The van der Waals surface area contributed by atoms with E-state index in [1.165, 1.54) is 12.1 Å². The Morgan fingerprint density at radius 2 is 1.97 bits per heavy atom. The molecule has 0 spiro atoms. The molecule has 2 saturated heterocycles. The zero-order chi connectivity index (χ0) is 21.2. The van der Waals surface area contributed by atoms with Crippen molar-refractivity contribution in [2.24, 2.45) is 5.41 Å². The van der Waals surface area contributed by atoms with E-state index >= 15 is 0 Å². The molecule has 0 bridgehead atoms. The molecule has 160 valence electrons. The van der Waals surface area contributed by atoms with Crippen LogP contribution in [0.1, 0.15) is 33.6 Å². The van der Waals surface area contributed by atoms with Crippen LogP contribution in [0.2, 0.25) is 0 Å². The molecule has 2 aliphatic heterocycles. The maximum Gasteiger partial charge on any atom is 0.410 e. The van der Waals surface area contributed by atoms with E-state index in [0.29, 0.717) is 38.2 Å². The number of nitro groups is 1. The highest BCUT2D eigenvalue weighted by Crippen LogP contribution is 2.38. The summed E-state index contributed by atoms with van der Waals surface area (Å²) in [7, 11) is 0. The van der Waals surface area contributed by atoms with Crippen molar-refractivity contribution in [3.8, 4) is 0 Å². The van der Waals surface area contributed by atoms with Crippen LogP contribution in [0.5, 0.6) is 0 Å². The summed E-state index contributed by atoms with van der Waals surface area (Å²) in [5, 5.41) is 14.1. The lowest BCUT2D eigenvalue weighted by molar-refractivity contribution is -0.385. The molecule has 0 aliphatic carbocycles. The minimum atomic E-state index is -0.607. The maximum absolute atomic E-state index is 14.7. The van der Waals surface area contributed by atoms with Gasteiger partial charge in [0.05, 0.1) is 16.7 Å². The minimum absolute atomic E-state index is 0.0759. The summed E-state index contributed by atoms with van der Waals surface area (Å²) in [6.07, 6.45) is 0.636. The van der Waals surface area contributed by atoms with Crippen molar-refractivity contribution in [3.05, 3.63) is 34.1 Å². The molecule has 1 amide bonds. The van der Waals surface area contributed by atoms with E-state index < -0.39 is 10.7 Å². The van der Waals surface area contributed by atoms with Crippen LogP contribution in [0.3, 0.4) is 0 Å². The number of hydrogen-bond donors (Lipinski definition) is 1. The largest absolute Gasteiger partial charge is 0.446 e. The van der Waals surface area contributed by atoms with Gasteiger partial charge in [-0.1, -0.05) is 20.8 Å². The van der Waals surface area contributed by atoms with Gasteiger partial charge in [0.1, 0.15) is 6.10 Å². The number of carbonyl (C=O) groups is 1. The lowest BCUT2D eigenvalue weighted by Crippen LogP contribution is -2.53. The Morgan fingerprint density at radius 1 is 1.28 bits per heavy atom. The van der Waals surface area contributed by atoms with Gasteiger partial charge in [-0.3, -0.25) is 10.1 Å². The fourth-order valence-corrected chi connectivity index (χ4v) is 4.06. The van der Waals surface area contributed by atoms with Gasteiger partial charge in [0.25, 0.3) is 5.69 Å². The third kappa shape index (κ3) is 4.95. The van der Waals surface area contributed by atoms with Crippen molar-refractivity contribution in [1.82, 2.24) is 10.2 Å². The summed E-state index contributed by atoms with van der Waals surface area (Å²) >= 11 is 0. The first-order valence-corrected chi connectivity index (χ1v) is 10.0. The lowest BCUT2D eigenvalue weighted by atomic mass is 9.79. The molecule has 9 heteroatoms. The Hall–Kier alpha value is -2.42. The van der Waals surface area contributed by atoms with Crippen molar-refractivity contribution in [1.29, 1.82) is 0 Å². The summed E-state index contributed by atoms with van der Waals surface area (Å²) in [6, 6.07) is 3.69. The number of rotatable bonds is 3. The fourth-order valence-electron chi connectivity index (χ4n) is 4.06. The van der Waals surface area contributed by atoms with Crippen LogP contribution in [-0.2, 0) is 4.74 Å². The number of ether oxygens (including phenoxy) is 1. The van der Waals surface area contributed by atoms with Gasteiger partial charge >= 0.3 is 6.09 Å². The second-order valence-electron chi connectivity index (χ2n) is 8.74. The molecule has 2 heterocycles. The molecule has 2 atom stereocenters. The highest BCUT2D eigenvalue weighted by atomic mass is 19.1. The molecule has 0 saturated carbocycles. The summed E-state index contributed by atoms with van der Waals surface area (Å²) in [6.45, 7) is 9.49. The number of piperazine rings is 1. The molecule has 0 aromatic heterocycles. The smallest absolute Gasteiger partial charge is 0.410 e. The Kier molecular flexibility index (Phi) is 6.26. The van der Waals surface area contributed by atoms with Crippen LogP contribution in [0, 0.1) is 21.3 Å². The van der Waals surface area contributed by atoms with Crippen LogP contribution in [-0.4, -0.2) is 60.8 Å². The zero-order valence-corrected chi connectivity index (χ0v) is 17.2. The van der Waals surface area contributed by atoms with E-state index in [1.807, 2.05) is 4.90 Å². The molecule has 2 aliphatic rings. The molecule has 1 aromatic rings. The van der Waals surface area contributed by atoms with Gasteiger partial charge in [-0.05, 0) is 11.5 Å². The molecular formula is C20H29FN4O4. The van der Waals surface area contributed by atoms with Crippen molar-refractivity contribution in [2.75, 3.05) is 37.6 Å². The first kappa shape index (κ1) is 21.3. The minimum Gasteiger partial charge on any atom is -0.446 e. The molecule has 29 heavy (non-hydrogen) atoms. The van der Waals surface area contributed by atoms with E-state index in [9.17, 15) is 19.3 Å². The van der Waals surface area contributed by atoms with Crippen molar-refractivity contribution in [3.63, 3.8) is 0 Å². The molecule has 1 N–H and O–H groups in total. The van der Waals surface area contributed by atoms with Crippen LogP contribution in [0.4, 0.5) is 20.6 Å². The number of hydrogen-bond acceptors (Lipinski definition) is 6. The molecule has 3 rings (SSSR count). The topological polar surface area (TPSA) is 88.0 Å². The van der Waals surface area contributed by atoms with E-state index in [4.69, 9.17) is 4.74 Å². The number of nitrogens with one attached hydrogen (secondary N) is 1. The molecule has 1 aromatic carbocycles. The second kappa shape index (κ2) is 8.52. The number of amides is 1.